The van der Waals surface area contributed by atoms with Crippen LogP contribution >= 0.6 is 0 Å². The van der Waals surface area contributed by atoms with Crippen molar-refractivity contribution in [2.75, 3.05) is 0 Å². The Hall–Kier alpha value is -1.87. The summed E-state index contributed by atoms with van der Waals surface area (Å²) in [6.45, 7) is 1.95. The van der Waals surface area contributed by atoms with Crippen molar-refractivity contribution in [3.8, 4) is 11.6 Å². The normalized spacial score (nSPS) is 15.5. The van der Waals surface area contributed by atoms with E-state index >= 15 is 0 Å². The molecule has 1 unspecified atom stereocenters. The summed E-state index contributed by atoms with van der Waals surface area (Å²) in [5, 5.41) is 0. The van der Waals surface area contributed by atoms with Gasteiger partial charge in [0.05, 0.1) is 0 Å². The van der Waals surface area contributed by atoms with Crippen molar-refractivity contribution < 1.29 is 4.74 Å². The summed E-state index contributed by atoms with van der Waals surface area (Å²) in [5.41, 5.74) is 9.71. The fourth-order valence-electron chi connectivity index (χ4n) is 2.62. The Bertz CT molecular complexity index is 590. The van der Waals surface area contributed by atoms with E-state index in [0.29, 0.717) is 5.88 Å². The standard InChI is InChI=1S/C17H20N2O/c1-12(18)15-7-9-17(19-11-15)20-16-8-6-13-4-2-3-5-14(13)10-16/h6-12H,2-5,18H2,1H3. The molecule has 2 aromatic rings. The summed E-state index contributed by atoms with van der Waals surface area (Å²) in [7, 11) is 0. The second-order valence-electron chi connectivity index (χ2n) is 5.46. The maximum atomic E-state index is 5.83. The van der Waals surface area contributed by atoms with Gasteiger partial charge < -0.3 is 10.5 Å². The van der Waals surface area contributed by atoms with Gasteiger partial charge in [0.1, 0.15) is 5.75 Å². The third-order valence-electron chi connectivity index (χ3n) is 3.83. The van der Waals surface area contributed by atoms with E-state index in [-0.39, 0.29) is 6.04 Å². The maximum absolute atomic E-state index is 5.83. The molecule has 0 aliphatic heterocycles. The lowest BCUT2D eigenvalue weighted by atomic mass is 9.92. The van der Waals surface area contributed by atoms with E-state index in [4.69, 9.17) is 10.5 Å². The lowest BCUT2D eigenvalue weighted by molar-refractivity contribution is 0.460. The molecule has 1 aromatic carbocycles. The van der Waals surface area contributed by atoms with E-state index in [1.54, 1.807) is 6.20 Å². The molecule has 2 N–H and O–H groups in total. The highest BCUT2D eigenvalue weighted by molar-refractivity contribution is 5.38. The van der Waals surface area contributed by atoms with E-state index in [2.05, 4.69) is 17.1 Å². The smallest absolute Gasteiger partial charge is 0.219 e. The summed E-state index contributed by atoms with van der Waals surface area (Å²) in [6, 6.07) is 10.2. The Balaban J connectivity index is 1.77. The highest BCUT2D eigenvalue weighted by Gasteiger charge is 2.10. The molecule has 1 aromatic heterocycles. The molecule has 0 saturated carbocycles. The minimum atomic E-state index is 0.000273. The van der Waals surface area contributed by atoms with Crippen LogP contribution in [0.2, 0.25) is 0 Å². The van der Waals surface area contributed by atoms with Crippen molar-refractivity contribution >= 4 is 0 Å². The number of nitrogens with zero attached hydrogens (tertiary/aromatic N) is 1. The molecule has 104 valence electrons. The van der Waals surface area contributed by atoms with Gasteiger partial charge in [0, 0.05) is 18.3 Å². The Morgan fingerprint density at radius 1 is 1.10 bits per heavy atom. The average Bonchev–Trinajstić information content (AvgIpc) is 2.48. The average molecular weight is 268 g/mol. The van der Waals surface area contributed by atoms with Crippen LogP contribution in [0.4, 0.5) is 0 Å². The Labute approximate surface area is 119 Å². The zero-order valence-corrected chi connectivity index (χ0v) is 11.8. The highest BCUT2D eigenvalue weighted by Crippen LogP contribution is 2.27. The quantitative estimate of drug-likeness (QED) is 0.921. The fourth-order valence-corrected chi connectivity index (χ4v) is 2.62. The van der Waals surface area contributed by atoms with Crippen molar-refractivity contribution in [1.29, 1.82) is 0 Å². The zero-order chi connectivity index (χ0) is 13.9. The topological polar surface area (TPSA) is 48.1 Å². The lowest BCUT2D eigenvalue weighted by Crippen LogP contribution is -2.05. The molecule has 0 amide bonds. The molecule has 3 rings (SSSR count). The number of aromatic nitrogens is 1. The van der Waals surface area contributed by atoms with Gasteiger partial charge in [-0.1, -0.05) is 12.1 Å². The monoisotopic (exact) mass is 268 g/mol. The maximum Gasteiger partial charge on any atom is 0.219 e. The fraction of sp³-hybridized carbons (Fsp3) is 0.353. The molecule has 0 fully saturated rings. The Morgan fingerprint density at radius 3 is 2.60 bits per heavy atom. The Kier molecular flexibility index (Phi) is 3.70. The van der Waals surface area contributed by atoms with E-state index in [1.807, 2.05) is 25.1 Å². The third kappa shape index (κ3) is 2.83. The second kappa shape index (κ2) is 5.63. The van der Waals surface area contributed by atoms with Crippen LogP contribution in [0.25, 0.3) is 0 Å². The summed E-state index contributed by atoms with van der Waals surface area (Å²) >= 11 is 0. The van der Waals surface area contributed by atoms with E-state index in [0.717, 1.165) is 17.7 Å². The number of ether oxygens (including phenoxy) is 1. The number of pyridine rings is 1. The van der Waals surface area contributed by atoms with Gasteiger partial charge in [-0.3, -0.25) is 0 Å². The molecule has 3 nitrogen and oxygen atoms in total. The minimum Gasteiger partial charge on any atom is -0.439 e. The molecule has 1 aliphatic rings. The molecule has 0 saturated heterocycles. The number of benzene rings is 1. The van der Waals surface area contributed by atoms with E-state index in [1.165, 1.54) is 30.4 Å². The molecule has 1 atom stereocenters. The summed E-state index contributed by atoms with van der Waals surface area (Å²) in [4.78, 5) is 4.31. The predicted octanol–water partition coefficient (Wildman–Crippen LogP) is 3.77. The van der Waals surface area contributed by atoms with Crippen molar-refractivity contribution in [2.24, 2.45) is 5.73 Å². The molecule has 1 heterocycles. The van der Waals surface area contributed by atoms with Crippen LogP contribution < -0.4 is 10.5 Å². The van der Waals surface area contributed by atoms with Crippen LogP contribution in [-0.4, -0.2) is 4.98 Å². The van der Waals surface area contributed by atoms with Crippen LogP contribution in [0, 0.1) is 0 Å². The van der Waals surface area contributed by atoms with Gasteiger partial charge in [-0.15, -0.1) is 0 Å². The first kappa shape index (κ1) is 13.1. The van der Waals surface area contributed by atoms with Crippen LogP contribution in [0.15, 0.2) is 36.5 Å². The number of fused-ring (bicyclic) bond motifs is 1. The van der Waals surface area contributed by atoms with Crippen LogP contribution in [-0.2, 0) is 12.8 Å². The molecule has 1 aliphatic carbocycles. The zero-order valence-electron chi connectivity index (χ0n) is 11.8. The van der Waals surface area contributed by atoms with Gasteiger partial charge in [0.2, 0.25) is 5.88 Å². The van der Waals surface area contributed by atoms with E-state index in [9.17, 15) is 0 Å². The summed E-state index contributed by atoms with van der Waals surface area (Å²) in [6.07, 6.45) is 6.70. The lowest BCUT2D eigenvalue weighted by Gasteiger charge is -2.16. The summed E-state index contributed by atoms with van der Waals surface area (Å²) < 4.78 is 5.83. The first-order valence-electron chi connectivity index (χ1n) is 7.23. The van der Waals surface area contributed by atoms with Gasteiger partial charge in [-0.25, -0.2) is 4.98 Å². The first-order valence-corrected chi connectivity index (χ1v) is 7.23. The molecule has 0 bridgehead atoms. The number of hydrogen-bond donors (Lipinski definition) is 1. The minimum absolute atomic E-state index is 0.000273. The van der Waals surface area contributed by atoms with Crippen molar-refractivity contribution in [3.05, 3.63) is 53.2 Å². The number of nitrogens with two attached hydrogens (primary N) is 1. The van der Waals surface area contributed by atoms with Gasteiger partial charge in [0.25, 0.3) is 0 Å². The first-order chi connectivity index (χ1) is 9.72. The van der Waals surface area contributed by atoms with Crippen molar-refractivity contribution in [1.82, 2.24) is 4.98 Å². The van der Waals surface area contributed by atoms with Crippen LogP contribution in [0.1, 0.15) is 42.5 Å². The largest absolute Gasteiger partial charge is 0.439 e. The molecule has 0 spiro atoms. The predicted molar refractivity (Wildman–Crippen MR) is 80.0 cm³/mol. The summed E-state index contributed by atoms with van der Waals surface area (Å²) in [5.74, 6) is 1.48. The number of rotatable bonds is 3. The molecule has 0 radical (unpaired) electrons. The van der Waals surface area contributed by atoms with Gasteiger partial charge >= 0.3 is 0 Å². The SMILES string of the molecule is CC(N)c1ccc(Oc2ccc3c(c2)CCCC3)nc1. The number of hydrogen-bond acceptors (Lipinski definition) is 3. The second-order valence-corrected chi connectivity index (χ2v) is 5.46. The van der Waals surface area contributed by atoms with Crippen molar-refractivity contribution in [3.63, 3.8) is 0 Å². The van der Waals surface area contributed by atoms with Crippen LogP contribution in [0.5, 0.6) is 11.6 Å². The third-order valence-corrected chi connectivity index (χ3v) is 3.83. The Morgan fingerprint density at radius 2 is 1.90 bits per heavy atom. The molecular weight excluding hydrogens is 248 g/mol. The van der Waals surface area contributed by atoms with Gasteiger partial charge in [0.15, 0.2) is 0 Å². The van der Waals surface area contributed by atoms with Gasteiger partial charge in [-0.05, 0) is 61.4 Å². The molecular formula is C17H20N2O. The van der Waals surface area contributed by atoms with Gasteiger partial charge in [-0.2, -0.15) is 0 Å². The molecule has 20 heavy (non-hydrogen) atoms. The van der Waals surface area contributed by atoms with E-state index < -0.39 is 0 Å². The highest BCUT2D eigenvalue weighted by atomic mass is 16.5. The van der Waals surface area contributed by atoms with Crippen molar-refractivity contribution in [2.45, 2.75) is 38.6 Å². The molecule has 3 heteroatoms. The van der Waals surface area contributed by atoms with Crippen LogP contribution in [0.3, 0.4) is 0 Å². The number of aryl methyl sites for hydroxylation is 2.